The van der Waals surface area contributed by atoms with Crippen molar-refractivity contribution in [3.63, 3.8) is 0 Å². The molecular weight excluding hydrogens is 196 g/mol. The third kappa shape index (κ3) is 4.05. The van der Waals surface area contributed by atoms with E-state index in [-0.39, 0.29) is 6.42 Å². The van der Waals surface area contributed by atoms with Gasteiger partial charge in [-0.25, -0.2) is 0 Å². The molecule has 0 saturated carbocycles. The molecule has 0 radical (unpaired) electrons. The summed E-state index contributed by atoms with van der Waals surface area (Å²) in [5, 5.41) is 7.73. The van der Waals surface area contributed by atoms with E-state index in [9.17, 15) is 0 Å². The summed E-state index contributed by atoms with van der Waals surface area (Å²) < 4.78 is -0.864. The standard InChI is InChI=1S/C4H6Cl3NSi/c5-3(1-2-8)4(6,7)9/h3H,1H2,9H3. The van der Waals surface area contributed by atoms with Crippen molar-refractivity contribution in [2.24, 2.45) is 0 Å². The summed E-state index contributed by atoms with van der Waals surface area (Å²) in [7, 11) is 0.574. The molecule has 1 atom stereocenters. The van der Waals surface area contributed by atoms with Crippen molar-refractivity contribution in [2.75, 3.05) is 0 Å². The molecule has 52 valence electrons. The van der Waals surface area contributed by atoms with E-state index in [1.807, 2.05) is 6.07 Å². The van der Waals surface area contributed by atoms with Crippen LogP contribution in [-0.2, 0) is 0 Å². The summed E-state index contributed by atoms with van der Waals surface area (Å²) in [4.78, 5) is 0. The molecule has 0 aliphatic heterocycles. The van der Waals surface area contributed by atoms with Gasteiger partial charge in [0.15, 0.2) is 0 Å². The third-order valence-corrected chi connectivity index (χ3v) is 3.22. The Hall–Kier alpha value is 0.577. The first-order chi connectivity index (χ1) is 3.98. The first-order valence-corrected chi connectivity index (χ1v) is 4.56. The average molecular weight is 203 g/mol. The summed E-state index contributed by atoms with van der Waals surface area (Å²) in [6.45, 7) is 0. The smallest absolute Gasteiger partial charge is 0.114 e. The van der Waals surface area contributed by atoms with Crippen LogP contribution in [-0.4, -0.2) is 19.6 Å². The molecule has 5 heteroatoms. The average Bonchev–Trinajstić information content (AvgIpc) is 1.64. The fourth-order valence-electron chi connectivity index (χ4n) is 0.259. The summed E-state index contributed by atoms with van der Waals surface area (Å²) >= 11 is 16.8. The topological polar surface area (TPSA) is 23.8 Å². The quantitative estimate of drug-likeness (QED) is 0.484. The lowest BCUT2D eigenvalue weighted by Crippen LogP contribution is -2.25. The van der Waals surface area contributed by atoms with Crippen molar-refractivity contribution in [1.82, 2.24) is 0 Å². The second-order valence-electron chi connectivity index (χ2n) is 1.79. The van der Waals surface area contributed by atoms with E-state index in [0.29, 0.717) is 10.2 Å². The van der Waals surface area contributed by atoms with Crippen molar-refractivity contribution in [1.29, 1.82) is 5.26 Å². The van der Waals surface area contributed by atoms with E-state index >= 15 is 0 Å². The number of nitrogens with zero attached hydrogens (tertiary/aromatic N) is 1. The van der Waals surface area contributed by atoms with E-state index in [4.69, 9.17) is 40.1 Å². The number of rotatable bonds is 2. The molecule has 1 nitrogen and oxygen atoms in total. The van der Waals surface area contributed by atoms with Crippen molar-refractivity contribution in [3.05, 3.63) is 0 Å². The monoisotopic (exact) mass is 201 g/mol. The highest BCUT2D eigenvalue weighted by Crippen LogP contribution is 2.27. The summed E-state index contributed by atoms with van der Waals surface area (Å²) in [6.07, 6.45) is 0.206. The molecule has 0 spiro atoms. The van der Waals surface area contributed by atoms with Crippen LogP contribution >= 0.6 is 34.8 Å². The highest BCUT2D eigenvalue weighted by Gasteiger charge is 2.26. The van der Waals surface area contributed by atoms with Gasteiger partial charge in [0.25, 0.3) is 0 Å². The fourth-order valence-corrected chi connectivity index (χ4v) is 0.687. The van der Waals surface area contributed by atoms with Gasteiger partial charge in [-0.05, 0) is 0 Å². The van der Waals surface area contributed by atoms with E-state index < -0.39 is 9.33 Å². The zero-order valence-corrected chi connectivity index (χ0v) is 9.13. The predicted octanol–water partition coefficient (Wildman–Crippen LogP) is 1.00. The van der Waals surface area contributed by atoms with Gasteiger partial charge in [0.2, 0.25) is 0 Å². The van der Waals surface area contributed by atoms with Gasteiger partial charge in [-0.2, -0.15) is 5.26 Å². The zero-order chi connectivity index (χ0) is 7.49. The molecule has 1 unspecified atom stereocenters. The Bertz CT molecular complexity index is 125. The minimum absolute atomic E-state index is 0.206. The number of nitriles is 1. The van der Waals surface area contributed by atoms with Crippen LogP contribution in [0.15, 0.2) is 0 Å². The zero-order valence-electron chi connectivity index (χ0n) is 4.87. The van der Waals surface area contributed by atoms with Gasteiger partial charge in [-0.3, -0.25) is 0 Å². The Morgan fingerprint density at radius 3 is 2.22 bits per heavy atom. The van der Waals surface area contributed by atoms with Crippen LogP contribution in [0.3, 0.4) is 0 Å². The summed E-state index contributed by atoms with van der Waals surface area (Å²) in [5.74, 6) is 0. The van der Waals surface area contributed by atoms with Crippen LogP contribution < -0.4 is 0 Å². The number of hydrogen-bond donors (Lipinski definition) is 0. The molecule has 0 aliphatic carbocycles. The van der Waals surface area contributed by atoms with E-state index in [2.05, 4.69) is 0 Å². The van der Waals surface area contributed by atoms with Gasteiger partial charge in [0, 0.05) is 0 Å². The molecule has 0 aliphatic rings. The number of halogens is 3. The highest BCUT2D eigenvalue weighted by atomic mass is 35.5. The summed E-state index contributed by atoms with van der Waals surface area (Å²) in [6, 6.07) is 1.90. The SMILES string of the molecule is N#CCC(Cl)C([SiH3])(Cl)Cl. The van der Waals surface area contributed by atoms with Crippen molar-refractivity contribution >= 4 is 45.0 Å². The van der Waals surface area contributed by atoms with Gasteiger partial charge in [-0.15, -0.1) is 34.8 Å². The Kier molecular flexibility index (Phi) is 3.91. The molecule has 9 heavy (non-hydrogen) atoms. The number of alkyl halides is 3. The largest absolute Gasteiger partial charge is 0.198 e. The van der Waals surface area contributed by atoms with Gasteiger partial charge in [0.1, 0.15) is 3.96 Å². The molecule has 0 heterocycles. The predicted molar refractivity (Wildman–Crippen MR) is 44.2 cm³/mol. The molecule has 0 amide bonds. The van der Waals surface area contributed by atoms with Crippen LogP contribution in [0.4, 0.5) is 0 Å². The molecule has 0 fully saturated rings. The lowest BCUT2D eigenvalue weighted by molar-refractivity contribution is 0.896. The van der Waals surface area contributed by atoms with Crippen molar-refractivity contribution < 1.29 is 0 Å². The van der Waals surface area contributed by atoms with Crippen LogP contribution in [0.1, 0.15) is 6.42 Å². The van der Waals surface area contributed by atoms with E-state index in [1.165, 1.54) is 0 Å². The maximum Gasteiger partial charge on any atom is 0.114 e. The van der Waals surface area contributed by atoms with E-state index in [1.54, 1.807) is 0 Å². The molecule has 0 aromatic heterocycles. The van der Waals surface area contributed by atoms with Crippen LogP contribution in [0.2, 0.25) is 0 Å². The van der Waals surface area contributed by atoms with Gasteiger partial charge < -0.3 is 0 Å². The Morgan fingerprint density at radius 1 is 1.67 bits per heavy atom. The van der Waals surface area contributed by atoms with Crippen molar-refractivity contribution in [3.8, 4) is 6.07 Å². The Balaban J connectivity index is 3.76. The van der Waals surface area contributed by atoms with Crippen LogP contribution in [0.5, 0.6) is 0 Å². The van der Waals surface area contributed by atoms with Crippen LogP contribution in [0.25, 0.3) is 0 Å². The fraction of sp³-hybridized carbons (Fsp3) is 0.750. The van der Waals surface area contributed by atoms with E-state index in [0.717, 1.165) is 0 Å². The minimum atomic E-state index is -0.864. The first-order valence-electron chi connectivity index (χ1n) is 2.37. The number of hydrogen-bond acceptors (Lipinski definition) is 1. The lowest BCUT2D eigenvalue weighted by Gasteiger charge is -2.16. The third-order valence-electron chi connectivity index (χ3n) is 0.821. The molecule has 0 N–H and O–H groups in total. The summed E-state index contributed by atoms with van der Waals surface area (Å²) in [5.41, 5.74) is 0. The van der Waals surface area contributed by atoms with Crippen LogP contribution in [0, 0.1) is 11.3 Å². The maximum atomic E-state index is 8.16. The highest BCUT2D eigenvalue weighted by molar-refractivity contribution is 6.67. The Labute approximate surface area is 72.3 Å². The van der Waals surface area contributed by atoms with Gasteiger partial charge >= 0.3 is 0 Å². The van der Waals surface area contributed by atoms with Gasteiger partial charge in [0.05, 0.1) is 28.1 Å². The van der Waals surface area contributed by atoms with Crippen molar-refractivity contribution in [2.45, 2.75) is 15.8 Å². The Morgan fingerprint density at radius 2 is 2.11 bits per heavy atom. The molecule has 0 aromatic carbocycles. The normalized spacial score (nSPS) is 14.9. The maximum absolute atomic E-state index is 8.16. The molecule has 0 saturated heterocycles. The second-order valence-corrected chi connectivity index (χ2v) is 6.92. The van der Waals surface area contributed by atoms with Gasteiger partial charge in [-0.1, -0.05) is 0 Å². The lowest BCUT2D eigenvalue weighted by atomic mass is 10.3. The first kappa shape index (κ1) is 9.58. The molecule has 0 rings (SSSR count). The second kappa shape index (κ2) is 3.67. The molecule has 0 bridgehead atoms. The molecule has 0 aromatic rings. The minimum Gasteiger partial charge on any atom is -0.198 e. The molecular formula is C4H6Cl3NSi.